The van der Waals surface area contributed by atoms with E-state index in [9.17, 15) is 4.79 Å². The number of rotatable bonds is 8. The van der Waals surface area contributed by atoms with E-state index in [4.69, 9.17) is 0 Å². The smallest absolute Gasteiger partial charge is 0.250 e. The largest absolute Gasteiger partial charge is 0.302 e. The Morgan fingerprint density at radius 3 is 2.34 bits per heavy atom. The van der Waals surface area contributed by atoms with Crippen LogP contribution in [0.5, 0.6) is 0 Å². The molecule has 0 atom stereocenters. The van der Waals surface area contributed by atoms with Gasteiger partial charge in [0.25, 0.3) is 5.91 Å². The molecule has 0 fully saturated rings. The second-order valence-corrected chi connectivity index (χ2v) is 9.50. The van der Waals surface area contributed by atoms with Crippen molar-refractivity contribution < 1.29 is 4.79 Å². The molecule has 1 aromatic heterocycles. The summed E-state index contributed by atoms with van der Waals surface area (Å²) in [6.07, 6.45) is 2.65. The van der Waals surface area contributed by atoms with E-state index < -0.39 is 0 Å². The standard InChI is InChI=1S/C25H31N5OS/c1-6-18-8-10-19(11-9-18)16-26-27-22(31)17-32-24-29-28-23(30(24)7-2)20-12-14-21(15-13-20)25(3,4)5/h8-16H,6-7,17H2,1-5H3,(H,27,31). The predicted molar refractivity (Wildman–Crippen MR) is 132 cm³/mol. The fourth-order valence-corrected chi connectivity index (χ4v) is 3.99. The molecule has 0 bridgehead atoms. The van der Waals surface area contributed by atoms with Crippen molar-refractivity contribution in [3.05, 3.63) is 65.2 Å². The van der Waals surface area contributed by atoms with Crippen molar-refractivity contribution in [3.8, 4) is 11.4 Å². The van der Waals surface area contributed by atoms with Crippen LogP contribution in [-0.2, 0) is 23.2 Å². The number of carbonyl (C=O) groups excluding carboxylic acids is 1. The lowest BCUT2D eigenvalue weighted by Crippen LogP contribution is -2.20. The van der Waals surface area contributed by atoms with Crippen molar-refractivity contribution in [1.82, 2.24) is 20.2 Å². The molecule has 1 N–H and O–H groups in total. The van der Waals surface area contributed by atoms with E-state index >= 15 is 0 Å². The Morgan fingerprint density at radius 2 is 1.75 bits per heavy atom. The molecule has 32 heavy (non-hydrogen) atoms. The maximum absolute atomic E-state index is 12.2. The maximum atomic E-state index is 12.2. The van der Waals surface area contributed by atoms with Crippen molar-refractivity contribution >= 4 is 23.9 Å². The highest BCUT2D eigenvalue weighted by atomic mass is 32.2. The first-order chi connectivity index (χ1) is 15.3. The number of hydrogen-bond acceptors (Lipinski definition) is 5. The lowest BCUT2D eigenvalue weighted by atomic mass is 9.87. The predicted octanol–water partition coefficient (Wildman–Crippen LogP) is 5.07. The minimum Gasteiger partial charge on any atom is -0.302 e. The lowest BCUT2D eigenvalue weighted by Gasteiger charge is -2.19. The van der Waals surface area contributed by atoms with Gasteiger partial charge in [0.2, 0.25) is 0 Å². The van der Waals surface area contributed by atoms with Crippen LogP contribution in [0.1, 0.15) is 51.3 Å². The summed E-state index contributed by atoms with van der Waals surface area (Å²) in [6, 6.07) is 16.5. The summed E-state index contributed by atoms with van der Waals surface area (Å²) < 4.78 is 2.03. The van der Waals surface area contributed by atoms with Crippen molar-refractivity contribution in [2.24, 2.45) is 5.10 Å². The molecule has 3 rings (SSSR count). The van der Waals surface area contributed by atoms with Crippen LogP contribution < -0.4 is 5.43 Å². The van der Waals surface area contributed by atoms with Crippen molar-refractivity contribution in [2.45, 2.75) is 58.2 Å². The molecule has 168 valence electrons. The van der Waals surface area contributed by atoms with Crippen molar-refractivity contribution in [2.75, 3.05) is 5.75 Å². The zero-order valence-corrected chi connectivity index (χ0v) is 20.2. The first-order valence-corrected chi connectivity index (χ1v) is 11.9. The zero-order valence-electron chi connectivity index (χ0n) is 19.4. The summed E-state index contributed by atoms with van der Waals surface area (Å²) in [5.74, 6) is 0.843. The molecule has 0 saturated carbocycles. The van der Waals surface area contributed by atoms with Gasteiger partial charge in [-0.1, -0.05) is 88.0 Å². The molecule has 3 aromatic rings. The summed E-state index contributed by atoms with van der Waals surface area (Å²) in [5, 5.41) is 13.5. The van der Waals surface area contributed by atoms with E-state index in [2.05, 4.69) is 91.7 Å². The van der Waals surface area contributed by atoms with Gasteiger partial charge in [0.15, 0.2) is 11.0 Å². The monoisotopic (exact) mass is 449 g/mol. The highest BCUT2D eigenvalue weighted by Crippen LogP contribution is 2.27. The number of nitrogens with one attached hydrogen (secondary N) is 1. The van der Waals surface area contributed by atoms with Gasteiger partial charge in [-0.2, -0.15) is 5.10 Å². The third-order valence-corrected chi connectivity index (χ3v) is 6.13. The Kier molecular flexibility index (Phi) is 7.85. The molecular formula is C25H31N5OS. The van der Waals surface area contributed by atoms with Crippen LogP contribution in [0.3, 0.4) is 0 Å². The van der Waals surface area contributed by atoms with E-state index in [-0.39, 0.29) is 17.1 Å². The zero-order chi connectivity index (χ0) is 23.1. The van der Waals surface area contributed by atoms with Crippen LogP contribution >= 0.6 is 11.8 Å². The van der Waals surface area contributed by atoms with Crippen LogP contribution in [0.2, 0.25) is 0 Å². The Balaban J connectivity index is 1.60. The SMILES string of the molecule is CCc1ccc(C=NNC(=O)CSc2nnc(-c3ccc(C(C)(C)C)cc3)n2CC)cc1. The number of aryl methyl sites for hydroxylation is 1. The van der Waals surface area contributed by atoms with E-state index in [0.717, 1.165) is 35.1 Å². The number of hydrazone groups is 1. The second kappa shape index (κ2) is 10.6. The number of thioether (sulfide) groups is 1. The third kappa shape index (κ3) is 6.07. The number of amides is 1. The fourth-order valence-electron chi connectivity index (χ4n) is 3.19. The topological polar surface area (TPSA) is 72.2 Å². The number of aromatic nitrogens is 3. The molecule has 0 aliphatic rings. The molecule has 0 aliphatic carbocycles. The van der Waals surface area contributed by atoms with Crippen molar-refractivity contribution in [3.63, 3.8) is 0 Å². The average Bonchev–Trinajstić information content (AvgIpc) is 3.20. The average molecular weight is 450 g/mol. The van der Waals surface area contributed by atoms with Gasteiger partial charge in [0.05, 0.1) is 12.0 Å². The molecule has 6 nitrogen and oxygen atoms in total. The summed E-state index contributed by atoms with van der Waals surface area (Å²) in [5.41, 5.74) is 7.19. The minimum atomic E-state index is -0.182. The maximum Gasteiger partial charge on any atom is 0.250 e. The third-order valence-electron chi connectivity index (χ3n) is 5.17. The van der Waals surface area contributed by atoms with Crippen LogP contribution in [0, 0.1) is 0 Å². The van der Waals surface area contributed by atoms with Gasteiger partial charge in [-0.25, -0.2) is 5.43 Å². The van der Waals surface area contributed by atoms with Gasteiger partial charge in [0, 0.05) is 12.1 Å². The second-order valence-electron chi connectivity index (χ2n) is 8.55. The normalized spacial score (nSPS) is 11.8. The van der Waals surface area contributed by atoms with Gasteiger partial charge in [-0.05, 0) is 35.4 Å². The number of carbonyl (C=O) groups is 1. The van der Waals surface area contributed by atoms with E-state index in [1.54, 1.807) is 6.21 Å². The molecule has 7 heteroatoms. The molecule has 0 saturated heterocycles. The van der Waals surface area contributed by atoms with Gasteiger partial charge in [-0.3, -0.25) is 4.79 Å². The van der Waals surface area contributed by atoms with Crippen LogP contribution in [0.15, 0.2) is 58.8 Å². The van der Waals surface area contributed by atoms with Gasteiger partial charge in [0.1, 0.15) is 0 Å². The van der Waals surface area contributed by atoms with Crippen LogP contribution in [0.25, 0.3) is 11.4 Å². The van der Waals surface area contributed by atoms with Crippen LogP contribution in [0.4, 0.5) is 0 Å². The van der Waals surface area contributed by atoms with E-state index in [1.165, 1.54) is 22.9 Å². The summed E-state index contributed by atoms with van der Waals surface area (Å²) >= 11 is 1.36. The minimum absolute atomic E-state index is 0.104. The number of benzene rings is 2. The highest BCUT2D eigenvalue weighted by molar-refractivity contribution is 7.99. The first-order valence-electron chi connectivity index (χ1n) is 10.9. The van der Waals surface area contributed by atoms with Gasteiger partial charge >= 0.3 is 0 Å². The molecule has 0 radical (unpaired) electrons. The van der Waals surface area contributed by atoms with Crippen molar-refractivity contribution in [1.29, 1.82) is 0 Å². The fraction of sp³-hybridized carbons (Fsp3) is 0.360. The molecule has 0 unspecified atom stereocenters. The molecule has 1 heterocycles. The molecule has 0 aliphatic heterocycles. The molecule has 2 aromatic carbocycles. The number of nitrogens with zero attached hydrogens (tertiary/aromatic N) is 4. The Bertz CT molecular complexity index is 1060. The molecule has 1 amide bonds. The first kappa shape index (κ1) is 23.7. The Hall–Kier alpha value is -2.93. The van der Waals surface area contributed by atoms with E-state index in [1.807, 2.05) is 16.7 Å². The lowest BCUT2D eigenvalue weighted by molar-refractivity contribution is -0.118. The molecule has 0 spiro atoms. The quantitative estimate of drug-likeness (QED) is 0.296. The molecular weight excluding hydrogens is 418 g/mol. The van der Waals surface area contributed by atoms with Gasteiger partial charge in [-0.15, -0.1) is 10.2 Å². The number of hydrogen-bond donors (Lipinski definition) is 1. The van der Waals surface area contributed by atoms with Gasteiger partial charge < -0.3 is 4.57 Å². The Morgan fingerprint density at radius 1 is 1.06 bits per heavy atom. The Labute approximate surface area is 194 Å². The summed E-state index contributed by atoms with van der Waals surface area (Å²) in [7, 11) is 0. The summed E-state index contributed by atoms with van der Waals surface area (Å²) in [6.45, 7) is 11.5. The summed E-state index contributed by atoms with van der Waals surface area (Å²) in [4.78, 5) is 12.2. The van der Waals surface area contributed by atoms with Crippen LogP contribution in [-0.4, -0.2) is 32.6 Å². The van der Waals surface area contributed by atoms with E-state index in [0.29, 0.717) is 0 Å². The highest BCUT2D eigenvalue weighted by Gasteiger charge is 2.17.